The van der Waals surface area contributed by atoms with Crippen molar-refractivity contribution in [2.24, 2.45) is 5.92 Å². The summed E-state index contributed by atoms with van der Waals surface area (Å²) in [5.74, 6) is 0.500. The molecule has 1 saturated carbocycles. The van der Waals surface area contributed by atoms with E-state index < -0.39 is 0 Å². The van der Waals surface area contributed by atoms with Crippen LogP contribution in [0.25, 0.3) is 16.0 Å². The van der Waals surface area contributed by atoms with Crippen LogP contribution in [0.4, 0.5) is 0 Å². The molecule has 1 fully saturated rings. The first-order valence-electron chi connectivity index (χ1n) is 8.01. The van der Waals surface area contributed by atoms with Crippen LogP contribution in [0.15, 0.2) is 48.5 Å². The molecule has 1 aliphatic rings. The average Bonchev–Trinajstić information content (AvgIpc) is 2.58. The van der Waals surface area contributed by atoms with Gasteiger partial charge in [0.15, 0.2) is 0 Å². The van der Waals surface area contributed by atoms with Crippen LogP contribution >= 0.6 is 11.6 Å². The molecule has 2 heteroatoms. The molecule has 0 aliphatic heterocycles. The fraction of sp³-hybridized carbons (Fsp3) is 0.350. The van der Waals surface area contributed by atoms with Crippen molar-refractivity contribution in [3.8, 4) is 11.1 Å². The maximum atomic E-state index is 7.73. The predicted octanol–water partition coefficient (Wildman–Crippen LogP) is 6.55. The quantitative estimate of drug-likeness (QED) is 0.566. The lowest BCUT2D eigenvalue weighted by Gasteiger charge is -2.24. The molecule has 0 radical (unpaired) electrons. The smallest absolute Gasteiger partial charge is 0.252 e. The Bertz CT molecular complexity index is 663. The van der Waals surface area contributed by atoms with E-state index in [0.717, 1.165) is 10.6 Å². The molecule has 2 aromatic carbocycles. The first-order valence-corrected chi connectivity index (χ1v) is 8.39. The van der Waals surface area contributed by atoms with Crippen molar-refractivity contribution in [1.29, 1.82) is 0 Å². The highest BCUT2D eigenvalue weighted by Crippen LogP contribution is 2.40. The SMILES string of the molecule is [C-]#[N+]C(c1ccccc1-c1ccc(Cl)cc1)C1CCCCC1. The van der Waals surface area contributed by atoms with Crippen molar-refractivity contribution >= 4 is 11.6 Å². The third kappa shape index (κ3) is 3.18. The summed E-state index contributed by atoms with van der Waals surface area (Å²) < 4.78 is 0. The summed E-state index contributed by atoms with van der Waals surface area (Å²) in [6.07, 6.45) is 6.21. The molecule has 1 aliphatic carbocycles. The fourth-order valence-electron chi connectivity index (χ4n) is 3.53. The minimum absolute atomic E-state index is 0.0211. The van der Waals surface area contributed by atoms with Crippen molar-refractivity contribution in [3.05, 3.63) is 70.5 Å². The summed E-state index contributed by atoms with van der Waals surface area (Å²) in [5, 5.41) is 0.746. The van der Waals surface area contributed by atoms with E-state index in [9.17, 15) is 0 Å². The Morgan fingerprint density at radius 1 is 0.955 bits per heavy atom. The summed E-state index contributed by atoms with van der Waals surface area (Å²) >= 11 is 6.00. The largest absolute Gasteiger partial charge is 0.308 e. The molecule has 112 valence electrons. The Labute approximate surface area is 137 Å². The third-order valence-electron chi connectivity index (χ3n) is 4.67. The van der Waals surface area contributed by atoms with Gasteiger partial charge in [0.05, 0.1) is 0 Å². The van der Waals surface area contributed by atoms with Crippen molar-refractivity contribution in [1.82, 2.24) is 0 Å². The van der Waals surface area contributed by atoms with Crippen LogP contribution in [0.2, 0.25) is 5.02 Å². The van der Waals surface area contributed by atoms with E-state index in [1.165, 1.54) is 43.2 Å². The maximum Gasteiger partial charge on any atom is 0.252 e. The summed E-state index contributed by atoms with van der Waals surface area (Å²) in [5.41, 5.74) is 3.49. The number of rotatable bonds is 3. The number of benzene rings is 2. The van der Waals surface area contributed by atoms with E-state index in [4.69, 9.17) is 18.2 Å². The van der Waals surface area contributed by atoms with Crippen molar-refractivity contribution in [2.75, 3.05) is 0 Å². The Kier molecular flexibility index (Phi) is 4.80. The standard InChI is InChI=1S/C20H20ClN/c1-22-20(16-7-3-2-4-8-16)19-10-6-5-9-18(19)15-11-13-17(21)14-12-15/h5-6,9-14,16,20H,2-4,7-8H2. The van der Waals surface area contributed by atoms with Gasteiger partial charge in [0, 0.05) is 16.5 Å². The Morgan fingerprint density at radius 2 is 1.64 bits per heavy atom. The Balaban J connectivity index is 1.99. The van der Waals surface area contributed by atoms with Gasteiger partial charge in [-0.25, -0.2) is 6.57 Å². The number of nitrogens with zero attached hydrogens (tertiary/aromatic N) is 1. The first-order chi connectivity index (χ1) is 10.8. The van der Waals surface area contributed by atoms with Crippen molar-refractivity contribution in [3.63, 3.8) is 0 Å². The third-order valence-corrected chi connectivity index (χ3v) is 4.92. The summed E-state index contributed by atoms with van der Waals surface area (Å²) in [6, 6.07) is 16.3. The lowest BCUT2D eigenvalue weighted by Crippen LogP contribution is -2.14. The normalized spacial score (nSPS) is 16.9. The van der Waals surface area contributed by atoms with Gasteiger partial charge in [-0.05, 0) is 36.1 Å². The van der Waals surface area contributed by atoms with E-state index in [0.29, 0.717) is 5.92 Å². The molecule has 0 saturated heterocycles. The van der Waals surface area contributed by atoms with Crippen LogP contribution < -0.4 is 0 Å². The van der Waals surface area contributed by atoms with Crippen LogP contribution in [0, 0.1) is 12.5 Å². The highest BCUT2D eigenvalue weighted by Gasteiger charge is 2.31. The maximum absolute atomic E-state index is 7.73. The first kappa shape index (κ1) is 15.1. The van der Waals surface area contributed by atoms with Gasteiger partial charge in [-0.15, -0.1) is 0 Å². The molecule has 1 atom stereocenters. The van der Waals surface area contributed by atoms with Gasteiger partial charge in [-0.2, -0.15) is 0 Å². The van der Waals surface area contributed by atoms with Crippen LogP contribution in [0.3, 0.4) is 0 Å². The van der Waals surface area contributed by atoms with Gasteiger partial charge >= 0.3 is 0 Å². The Morgan fingerprint density at radius 3 is 2.32 bits per heavy atom. The van der Waals surface area contributed by atoms with Crippen LogP contribution in [0.5, 0.6) is 0 Å². The van der Waals surface area contributed by atoms with Gasteiger partial charge in [0.1, 0.15) is 0 Å². The second kappa shape index (κ2) is 6.99. The zero-order valence-corrected chi connectivity index (χ0v) is 13.4. The molecule has 1 nitrogen and oxygen atoms in total. The number of hydrogen-bond acceptors (Lipinski definition) is 0. The number of halogens is 1. The van der Waals surface area contributed by atoms with E-state index >= 15 is 0 Å². The highest BCUT2D eigenvalue weighted by molar-refractivity contribution is 6.30. The van der Waals surface area contributed by atoms with Gasteiger partial charge in [0.2, 0.25) is 0 Å². The molecular weight excluding hydrogens is 290 g/mol. The topological polar surface area (TPSA) is 4.36 Å². The van der Waals surface area contributed by atoms with Crippen LogP contribution in [-0.4, -0.2) is 0 Å². The molecule has 0 amide bonds. The van der Waals surface area contributed by atoms with Gasteiger partial charge in [-0.1, -0.05) is 67.3 Å². The molecular formula is C20H20ClN. The van der Waals surface area contributed by atoms with E-state index in [2.05, 4.69) is 29.1 Å². The minimum Gasteiger partial charge on any atom is -0.308 e. The van der Waals surface area contributed by atoms with Gasteiger partial charge < -0.3 is 4.85 Å². The second-order valence-electron chi connectivity index (χ2n) is 6.07. The monoisotopic (exact) mass is 309 g/mol. The molecule has 0 spiro atoms. The van der Waals surface area contributed by atoms with Gasteiger partial charge in [-0.3, -0.25) is 0 Å². The lowest BCUT2D eigenvalue weighted by atomic mass is 9.79. The summed E-state index contributed by atoms with van der Waals surface area (Å²) in [4.78, 5) is 4.01. The molecule has 0 N–H and O–H groups in total. The van der Waals surface area contributed by atoms with Gasteiger partial charge in [0.25, 0.3) is 6.04 Å². The van der Waals surface area contributed by atoms with Crippen LogP contribution in [0.1, 0.15) is 43.7 Å². The average molecular weight is 310 g/mol. The van der Waals surface area contributed by atoms with Crippen molar-refractivity contribution < 1.29 is 0 Å². The van der Waals surface area contributed by atoms with E-state index in [-0.39, 0.29) is 6.04 Å². The van der Waals surface area contributed by atoms with E-state index in [1.54, 1.807) is 0 Å². The molecule has 0 heterocycles. The predicted molar refractivity (Wildman–Crippen MR) is 92.8 cm³/mol. The van der Waals surface area contributed by atoms with Crippen molar-refractivity contribution in [2.45, 2.75) is 38.1 Å². The number of hydrogen-bond donors (Lipinski definition) is 0. The molecule has 3 rings (SSSR count). The minimum atomic E-state index is -0.0211. The van der Waals surface area contributed by atoms with E-state index in [1.807, 2.05) is 24.3 Å². The highest BCUT2D eigenvalue weighted by atomic mass is 35.5. The molecule has 1 unspecified atom stereocenters. The fourth-order valence-corrected chi connectivity index (χ4v) is 3.65. The molecule has 0 bridgehead atoms. The lowest BCUT2D eigenvalue weighted by molar-refractivity contribution is 0.331. The molecule has 0 aromatic heterocycles. The zero-order chi connectivity index (χ0) is 15.4. The second-order valence-corrected chi connectivity index (χ2v) is 6.50. The molecule has 22 heavy (non-hydrogen) atoms. The molecule has 2 aromatic rings. The summed E-state index contributed by atoms with van der Waals surface area (Å²) in [7, 11) is 0. The van der Waals surface area contributed by atoms with Crippen LogP contribution in [-0.2, 0) is 0 Å². The zero-order valence-electron chi connectivity index (χ0n) is 12.6. The Hall–Kier alpha value is -1.78. The summed E-state index contributed by atoms with van der Waals surface area (Å²) in [6.45, 7) is 7.73.